The standard InChI is InChI=1S/C18H14S3/c19-14-5-1-12(2-6-14)17-10-9-16(21)11-18(17)13-3-7-15(20)8-4-13/h1-11,19-21H. The van der Waals surface area contributed by atoms with Gasteiger partial charge in [0, 0.05) is 14.7 Å². The summed E-state index contributed by atoms with van der Waals surface area (Å²) in [6.45, 7) is 0. The average Bonchev–Trinajstić information content (AvgIpc) is 2.49. The zero-order chi connectivity index (χ0) is 14.8. The maximum atomic E-state index is 4.47. The van der Waals surface area contributed by atoms with E-state index in [1.807, 2.05) is 30.3 Å². The van der Waals surface area contributed by atoms with Crippen molar-refractivity contribution in [1.29, 1.82) is 0 Å². The Kier molecular flexibility index (Phi) is 4.34. The second-order valence-corrected chi connectivity index (χ2v) is 6.37. The summed E-state index contributed by atoms with van der Waals surface area (Å²) in [6, 6.07) is 22.6. The molecule has 0 aliphatic carbocycles. The van der Waals surface area contributed by atoms with Crippen molar-refractivity contribution in [2.75, 3.05) is 0 Å². The van der Waals surface area contributed by atoms with E-state index in [9.17, 15) is 0 Å². The Bertz CT molecular complexity index is 759. The minimum absolute atomic E-state index is 0.953. The van der Waals surface area contributed by atoms with Crippen LogP contribution in [0.5, 0.6) is 0 Å². The molecule has 0 amide bonds. The van der Waals surface area contributed by atoms with Gasteiger partial charge in [0.15, 0.2) is 0 Å². The number of hydrogen-bond donors (Lipinski definition) is 3. The highest BCUT2D eigenvalue weighted by molar-refractivity contribution is 7.80. The van der Waals surface area contributed by atoms with E-state index >= 15 is 0 Å². The fourth-order valence-corrected chi connectivity index (χ4v) is 2.81. The van der Waals surface area contributed by atoms with Crippen molar-refractivity contribution in [2.24, 2.45) is 0 Å². The third kappa shape index (κ3) is 3.31. The minimum atomic E-state index is 0.953. The van der Waals surface area contributed by atoms with Crippen LogP contribution >= 0.6 is 37.9 Å². The molecule has 0 spiro atoms. The van der Waals surface area contributed by atoms with Crippen LogP contribution < -0.4 is 0 Å². The summed E-state index contributed by atoms with van der Waals surface area (Å²) in [4.78, 5) is 2.88. The van der Waals surface area contributed by atoms with E-state index in [0.29, 0.717) is 0 Å². The molecule has 0 fully saturated rings. The second kappa shape index (κ2) is 6.22. The van der Waals surface area contributed by atoms with Gasteiger partial charge in [-0.05, 0) is 58.7 Å². The molecule has 0 heterocycles. The minimum Gasteiger partial charge on any atom is -0.143 e. The molecule has 0 atom stereocenters. The van der Waals surface area contributed by atoms with Gasteiger partial charge in [0.05, 0.1) is 0 Å². The van der Waals surface area contributed by atoms with Gasteiger partial charge >= 0.3 is 0 Å². The summed E-state index contributed by atoms with van der Waals surface area (Å²) in [5.41, 5.74) is 4.69. The van der Waals surface area contributed by atoms with Crippen molar-refractivity contribution >= 4 is 37.9 Å². The Morgan fingerprint density at radius 3 is 1.38 bits per heavy atom. The van der Waals surface area contributed by atoms with E-state index in [0.717, 1.165) is 20.2 Å². The maximum Gasteiger partial charge on any atom is 0.00465 e. The molecular weight excluding hydrogens is 312 g/mol. The van der Waals surface area contributed by atoms with Gasteiger partial charge in [0.2, 0.25) is 0 Å². The fourth-order valence-electron chi connectivity index (χ4n) is 2.30. The number of thiol groups is 3. The van der Waals surface area contributed by atoms with Gasteiger partial charge in [-0.1, -0.05) is 30.3 Å². The molecule has 3 heteroatoms. The molecule has 0 aromatic heterocycles. The maximum absolute atomic E-state index is 4.47. The quantitative estimate of drug-likeness (QED) is 0.481. The molecule has 0 aliphatic rings. The van der Waals surface area contributed by atoms with Crippen LogP contribution in [0, 0.1) is 0 Å². The SMILES string of the molecule is Sc1ccc(-c2ccc(S)cc2-c2ccc(S)cc2)cc1. The molecule has 0 nitrogen and oxygen atoms in total. The van der Waals surface area contributed by atoms with Crippen molar-refractivity contribution in [1.82, 2.24) is 0 Å². The fraction of sp³-hybridized carbons (Fsp3) is 0. The average molecular weight is 327 g/mol. The Labute approximate surface area is 141 Å². The van der Waals surface area contributed by atoms with E-state index in [2.05, 4.69) is 74.3 Å². The molecule has 3 rings (SSSR count). The largest absolute Gasteiger partial charge is 0.143 e. The number of benzene rings is 3. The number of hydrogen-bond acceptors (Lipinski definition) is 3. The molecular formula is C18H14S3. The summed E-state index contributed by atoms with van der Waals surface area (Å²) in [7, 11) is 0. The first-order valence-corrected chi connectivity index (χ1v) is 7.89. The number of rotatable bonds is 2. The smallest absolute Gasteiger partial charge is 0.00465 e. The summed E-state index contributed by atoms with van der Waals surface area (Å²) in [6.07, 6.45) is 0. The molecule has 0 saturated carbocycles. The summed E-state index contributed by atoms with van der Waals surface area (Å²) >= 11 is 13.2. The molecule has 0 N–H and O–H groups in total. The predicted molar refractivity (Wildman–Crippen MR) is 99.1 cm³/mol. The molecule has 0 radical (unpaired) electrons. The second-order valence-electron chi connectivity index (χ2n) is 4.82. The van der Waals surface area contributed by atoms with Crippen molar-refractivity contribution in [3.05, 3.63) is 66.7 Å². The first kappa shape index (κ1) is 14.6. The molecule has 0 saturated heterocycles. The lowest BCUT2D eigenvalue weighted by Crippen LogP contribution is -1.86. The topological polar surface area (TPSA) is 0 Å². The Hall–Kier alpha value is -1.29. The molecule has 104 valence electrons. The van der Waals surface area contributed by atoms with Gasteiger partial charge in [-0.15, -0.1) is 37.9 Å². The van der Waals surface area contributed by atoms with Crippen LogP contribution in [0.1, 0.15) is 0 Å². The van der Waals surface area contributed by atoms with Gasteiger partial charge in [-0.25, -0.2) is 0 Å². The Morgan fingerprint density at radius 2 is 0.857 bits per heavy atom. The highest BCUT2D eigenvalue weighted by atomic mass is 32.1. The van der Waals surface area contributed by atoms with Gasteiger partial charge in [0.1, 0.15) is 0 Å². The summed E-state index contributed by atoms with van der Waals surface area (Å²) in [5, 5.41) is 0. The van der Waals surface area contributed by atoms with Crippen LogP contribution in [0.4, 0.5) is 0 Å². The van der Waals surface area contributed by atoms with Crippen LogP contribution in [-0.4, -0.2) is 0 Å². The van der Waals surface area contributed by atoms with Crippen molar-refractivity contribution in [3.63, 3.8) is 0 Å². The first-order valence-electron chi connectivity index (χ1n) is 6.55. The van der Waals surface area contributed by atoms with Gasteiger partial charge in [0.25, 0.3) is 0 Å². The first-order chi connectivity index (χ1) is 10.1. The molecule has 3 aromatic rings. The summed E-state index contributed by atoms with van der Waals surface area (Å²) < 4.78 is 0. The molecule has 3 aromatic carbocycles. The predicted octanol–water partition coefficient (Wildman–Crippen LogP) is 5.89. The van der Waals surface area contributed by atoms with Gasteiger partial charge < -0.3 is 0 Å². The van der Waals surface area contributed by atoms with E-state index < -0.39 is 0 Å². The van der Waals surface area contributed by atoms with Gasteiger partial charge in [-0.3, -0.25) is 0 Å². The van der Waals surface area contributed by atoms with E-state index in [-0.39, 0.29) is 0 Å². The molecule has 21 heavy (non-hydrogen) atoms. The molecule has 0 aliphatic heterocycles. The van der Waals surface area contributed by atoms with Crippen LogP contribution in [0.25, 0.3) is 22.3 Å². The van der Waals surface area contributed by atoms with Crippen LogP contribution in [0.3, 0.4) is 0 Å². The van der Waals surface area contributed by atoms with Crippen molar-refractivity contribution < 1.29 is 0 Å². The zero-order valence-corrected chi connectivity index (χ0v) is 13.9. The Balaban J connectivity index is 2.17. The molecule has 0 bridgehead atoms. The highest BCUT2D eigenvalue weighted by Gasteiger charge is 2.08. The van der Waals surface area contributed by atoms with Crippen molar-refractivity contribution in [2.45, 2.75) is 14.7 Å². The lowest BCUT2D eigenvalue weighted by atomic mass is 9.95. The lowest BCUT2D eigenvalue weighted by molar-refractivity contribution is 1.42. The van der Waals surface area contributed by atoms with E-state index in [4.69, 9.17) is 0 Å². The summed E-state index contributed by atoms with van der Waals surface area (Å²) in [5.74, 6) is 0. The van der Waals surface area contributed by atoms with E-state index in [1.165, 1.54) is 16.7 Å². The normalized spacial score (nSPS) is 10.6. The third-order valence-electron chi connectivity index (χ3n) is 3.36. The van der Waals surface area contributed by atoms with Crippen molar-refractivity contribution in [3.8, 4) is 22.3 Å². The Morgan fingerprint density at radius 1 is 0.429 bits per heavy atom. The lowest BCUT2D eigenvalue weighted by Gasteiger charge is -2.12. The molecule has 0 unspecified atom stereocenters. The highest BCUT2D eigenvalue weighted by Crippen LogP contribution is 2.34. The van der Waals surface area contributed by atoms with Crippen LogP contribution in [0.2, 0.25) is 0 Å². The van der Waals surface area contributed by atoms with E-state index in [1.54, 1.807) is 0 Å². The van der Waals surface area contributed by atoms with Crippen LogP contribution in [-0.2, 0) is 0 Å². The zero-order valence-electron chi connectivity index (χ0n) is 11.2. The van der Waals surface area contributed by atoms with Crippen LogP contribution in [0.15, 0.2) is 81.4 Å². The third-order valence-corrected chi connectivity index (χ3v) is 4.23. The monoisotopic (exact) mass is 326 g/mol. The van der Waals surface area contributed by atoms with Gasteiger partial charge in [-0.2, -0.15) is 0 Å².